The summed E-state index contributed by atoms with van der Waals surface area (Å²) in [7, 11) is 1.70. The highest BCUT2D eigenvalue weighted by Gasteiger charge is 2.28. The average Bonchev–Trinajstić information content (AvgIpc) is 2.71. The van der Waals surface area contributed by atoms with E-state index in [1.54, 1.807) is 7.05 Å². The molecular formula is C11H22N2O2. The summed E-state index contributed by atoms with van der Waals surface area (Å²) in [6.07, 6.45) is 5.11. The first-order valence-electron chi connectivity index (χ1n) is 5.86. The standard InChI is InChI=1S/C11H22N2O2/c1-12-11(15)10-6-5-8-13(10)7-3-2-4-9-14/h10,14H,2-9H2,1H3,(H,12,15). The molecule has 1 heterocycles. The van der Waals surface area contributed by atoms with Gasteiger partial charge in [-0.3, -0.25) is 9.69 Å². The van der Waals surface area contributed by atoms with E-state index < -0.39 is 0 Å². The summed E-state index contributed by atoms with van der Waals surface area (Å²) in [5.41, 5.74) is 0. The van der Waals surface area contributed by atoms with Crippen LogP contribution >= 0.6 is 0 Å². The molecule has 0 aromatic heterocycles. The molecule has 15 heavy (non-hydrogen) atoms. The number of carbonyl (C=O) groups excluding carboxylic acids is 1. The summed E-state index contributed by atoms with van der Waals surface area (Å²) in [4.78, 5) is 13.8. The molecule has 0 aromatic carbocycles. The summed E-state index contributed by atoms with van der Waals surface area (Å²) < 4.78 is 0. The van der Waals surface area contributed by atoms with E-state index in [4.69, 9.17) is 5.11 Å². The Labute approximate surface area is 91.6 Å². The van der Waals surface area contributed by atoms with Gasteiger partial charge in [0.05, 0.1) is 6.04 Å². The zero-order chi connectivity index (χ0) is 11.1. The van der Waals surface area contributed by atoms with E-state index in [1.165, 1.54) is 0 Å². The van der Waals surface area contributed by atoms with Crippen LogP contribution in [-0.2, 0) is 4.79 Å². The van der Waals surface area contributed by atoms with Crippen molar-refractivity contribution in [2.45, 2.75) is 38.1 Å². The van der Waals surface area contributed by atoms with Crippen molar-refractivity contribution in [1.29, 1.82) is 0 Å². The van der Waals surface area contributed by atoms with Crippen LogP contribution < -0.4 is 5.32 Å². The SMILES string of the molecule is CNC(=O)C1CCCN1CCCCCO. The second-order valence-electron chi connectivity index (χ2n) is 4.09. The smallest absolute Gasteiger partial charge is 0.237 e. The Morgan fingerprint density at radius 3 is 2.93 bits per heavy atom. The van der Waals surface area contributed by atoms with Crippen LogP contribution in [0.3, 0.4) is 0 Å². The molecule has 1 aliphatic heterocycles. The molecule has 0 saturated carbocycles. The van der Waals surface area contributed by atoms with Gasteiger partial charge < -0.3 is 10.4 Å². The van der Waals surface area contributed by atoms with Crippen LogP contribution in [0.5, 0.6) is 0 Å². The molecule has 1 aliphatic rings. The quantitative estimate of drug-likeness (QED) is 0.628. The van der Waals surface area contributed by atoms with Crippen molar-refractivity contribution in [3.05, 3.63) is 0 Å². The Kier molecular flexibility index (Phi) is 5.65. The number of unbranched alkanes of at least 4 members (excludes halogenated alkanes) is 2. The minimum Gasteiger partial charge on any atom is -0.396 e. The summed E-state index contributed by atoms with van der Waals surface area (Å²) in [6, 6.07) is 0.0872. The van der Waals surface area contributed by atoms with Crippen molar-refractivity contribution in [3.8, 4) is 0 Å². The lowest BCUT2D eigenvalue weighted by Crippen LogP contribution is -2.42. The molecule has 0 spiro atoms. The predicted molar refractivity (Wildman–Crippen MR) is 59.6 cm³/mol. The molecule has 2 N–H and O–H groups in total. The number of aliphatic hydroxyl groups excluding tert-OH is 1. The van der Waals surface area contributed by atoms with Gasteiger partial charge in [0.2, 0.25) is 5.91 Å². The maximum absolute atomic E-state index is 11.5. The lowest BCUT2D eigenvalue weighted by molar-refractivity contribution is -0.124. The van der Waals surface area contributed by atoms with Crippen molar-refractivity contribution in [2.24, 2.45) is 0 Å². The second-order valence-corrected chi connectivity index (χ2v) is 4.09. The molecule has 0 aliphatic carbocycles. The summed E-state index contributed by atoms with van der Waals surface area (Å²) >= 11 is 0. The van der Waals surface area contributed by atoms with Gasteiger partial charge >= 0.3 is 0 Å². The van der Waals surface area contributed by atoms with Crippen LogP contribution in [0.1, 0.15) is 32.1 Å². The Morgan fingerprint density at radius 2 is 2.27 bits per heavy atom. The van der Waals surface area contributed by atoms with Crippen LogP contribution in [0.2, 0.25) is 0 Å². The molecule has 4 nitrogen and oxygen atoms in total. The van der Waals surface area contributed by atoms with Gasteiger partial charge in [-0.1, -0.05) is 0 Å². The van der Waals surface area contributed by atoms with Gasteiger partial charge in [0.1, 0.15) is 0 Å². The maximum Gasteiger partial charge on any atom is 0.237 e. The monoisotopic (exact) mass is 214 g/mol. The lowest BCUT2D eigenvalue weighted by Gasteiger charge is -2.22. The minimum atomic E-state index is 0.0872. The molecule has 1 fully saturated rings. The molecule has 0 aromatic rings. The van der Waals surface area contributed by atoms with Gasteiger partial charge in [0.15, 0.2) is 0 Å². The highest BCUT2D eigenvalue weighted by Crippen LogP contribution is 2.17. The summed E-state index contributed by atoms with van der Waals surface area (Å²) in [5, 5.41) is 11.4. The normalized spacial score (nSPS) is 21.9. The number of nitrogens with zero attached hydrogens (tertiary/aromatic N) is 1. The number of hydrogen-bond acceptors (Lipinski definition) is 3. The van der Waals surface area contributed by atoms with E-state index in [2.05, 4.69) is 10.2 Å². The number of amides is 1. The third-order valence-electron chi connectivity index (χ3n) is 3.02. The number of hydrogen-bond donors (Lipinski definition) is 2. The molecule has 1 saturated heterocycles. The molecule has 1 atom stereocenters. The fourth-order valence-electron chi connectivity index (χ4n) is 2.16. The molecule has 4 heteroatoms. The first kappa shape index (κ1) is 12.5. The molecule has 88 valence electrons. The van der Waals surface area contributed by atoms with Crippen LogP contribution in [-0.4, -0.2) is 48.7 Å². The zero-order valence-electron chi connectivity index (χ0n) is 9.54. The van der Waals surface area contributed by atoms with E-state index in [9.17, 15) is 4.79 Å². The van der Waals surface area contributed by atoms with E-state index in [0.717, 1.165) is 45.2 Å². The van der Waals surface area contributed by atoms with Crippen LogP contribution in [0.15, 0.2) is 0 Å². The van der Waals surface area contributed by atoms with E-state index >= 15 is 0 Å². The Morgan fingerprint density at radius 1 is 1.47 bits per heavy atom. The molecule has 1 amide bonds. The minimum absolute atomic E-state index is 0.0872. The van der Waals surface area contributed by atoms with Crippen molar-refractivity contribution >= 4 is 5.91 Å². The fourth-order valence-corrected chi connectivity index (χ4v) is 2.16. The van der Waals surface area contributed by atoms with E-state index in [-0.39, 0.29) is 18.6 Å². The summed E-state index contributed by atoms with van der Waals surface area (Å²) in [5.74, 6) is 0.148. The highest BCUT2D eigenvalue weighted by atomic mass is 16.2. The van der Waals surface area contributed by atoms with Gasteiger partial charge in [0, 0.05) is 13.7 Å². The van der Waals surface area contributed by atoms with Crippen molar-refractivity contribution < 1.29 is 9.90 Å². The molecular weight excluding hydrogens is 192 g/mol. The zero-order valence-corrected chi connectivity index (χ0v) is 9.54. The molecule has 1 unspecified atom stereocenters. The van der Waals surface area contributed by atoms with Gasteiger partial charge in [-0.15, -0.1) is 0 Å². The van der Waals surface area contributed by atoms with Crippen molar-refractivity contribution in [1.82, 2.24) is 10.2 Å². The molecule has 0 radical (unpaired) electrons. The van der Waals surface area contributed by atoms with Crippen LogP contribution in [0.4, 0.5) is 0 Å². The van der Waals surface area contributed by atoms with Crippen molar-refractivity contribution in [2.75, 3.05) is 26.7 Å². The number of nitrogens with one attached hydrogen (secondary N) is 1. The number of likely N-dealkylation sites (N-methyl/N-ethyl adjacent to an activating group) is 1. The molecule has 0 bridgehead atoms. The van der Waals surface area contributed by atoms with Gasteiger partial charge in [-0.05, 0) is 45.2 Å². The number of likely N-dealkylation sites (tertiary alicyclic amines) is 1. The first-order chi connectivity index (χ1) is 7.29. The third-order valence-corrected chi connectivity index (χ3v) is 3.02. The molecule has 1 rings (SSSR count). The predicted octanol–water partition coefficient (Wildman–Crippen LogP) is 0.359. The number of rotatable bonds is 6. The van der Waals surface area contributed by atoms with E-state index in [1.807, 2.05) is 0 Å². The Balaban J connectivity index is 2.24. The van der Waals surface area contributed by atoms with Crippen molar-refractivity contribution in [3.63, 3.8) is 0 Å². The maximum atomic E-state index is 11.5. The van der Waals surface area contributed by atoms with Gasteiger partial charge in [0.25, 0.3) is 0 Å². The van der Waals surface area contributed by atoms with Crippen LogP contribution in [0, 0.1) is 0 Å². The third kappa shape index (κ3) is 3.80. The first-order valence-corrected chi connectivity index (χ1v) is 5.86. The van der Waals surface area contributed by atoms with Crippen LogP contribution in [0.25, 0.3) is 0 Å². The summed E-state index contributed by atoms with van der Waals surface area (Å²) in [6.45, 7) is 2.30. The Bertz CT molecular complexity index is 197. The highest BCUT2D eigenvalue weighted by molar-refractivity contribution is 5.81. The van der Waals surface area contributed by atoms with E-state index in [0.29, 0.717) is 0 Å². The average molecular weight is 214 g/mol. The van der Waals surface area contributed by atoms with Gasteiger partial charge in [-0.2, -0.15) is 0 Å². The largest absolute Gasteiger partial charge is 0.396 e. The second kappa shape index (κ2) is 6.80. The van der Waals surface area contributed by atoms with Gasteiger partial charge in [-0.25, -0.2) is 0 Å². The fraction of sp³-hybridized carbons (Fsp3) is 0.909. The Hall–Kier alpha value is -0.610. The lowest BCUT2D eigenvalue weighted by atomic mass is 10.2. The topological polar surface area (TPSA) is 52.6 Å². The number of aliphatic hydroxyl groups is 1. The number of carbonyl (C=O) groups is 1.